The Morgan fingerprint density at radius 2 is 1.96 bits per heavy atom. The number of rotatable bonds is 7. The Bertz CT molecular complexity index is 604. The molecular formula is C18H24ClN3O2. The number of carbonyl (C=O) groups is 2. The number of amides is 3. The monoisotopic (exact) mass is 349 g/mol. The van der Waals surface area contributed by atoms with Gasteiger partial charge in [0, 0.05) is 36.0 Å². The van der Waals surface area contributed by atoms with Gasteiger partial charge in [-0.05, 0) is 43.4 Å². The van der Waals surface area contributed by atoms with Gasteiger partial charge in [0.05, 0.1) is 0 Å². The largest absolute Gasteiger partial charge is 0.356 e. The SMILES string of the molecule is O=C(NCCCNC(=O)C1CCC1)N[C@@H]1C[C@@H]1c1cccc(Cl)c1. The van der Waals surface area contributed by atoms with E-state index in [-0.39, 0.29) is 23.9 Å². The summed E-state index contributed by atoms with van der Waals surface area (Å²) < 4.78 is 0. The molecule has 3 rings (SSSR count). The lowest BCUT2D eigenvalue weighted by Gasteiger charge is -2.23. The minimum atomic E-state index is -0.144. The highest BCUT2D eigenvalue weighted by Crippen LogP contribution is 2.41. The summed E-state index contributed by atoms with van der Waals surface area (Å²) in [6.45, 7) is 1.18. The molecule has 6 heteroatoms. The second-order valence-corrected chi connectivity index (χ2v) is 7.11. The van der Waals surface area contributed by atoms with Gasteiger partial charge in [0.25, 0.3) is 0 Å². The molecule has 2 aliphatic rings. The molecule has 0 heterocycles. The number of benzene rings is 1. The number of nitrogens with one attached hydrogen (secondary N) is 3. The normalized spacial score (nSPS) is 22.4. The van der Waals surface area contributed by atoms with Crippen LogP contribution in [0.25, 0.3) is 0 Å². The Balaban J connectivity index is 1.26. The number of hydrogen-bond donors (Lipinski definition) is 3. The fourth-order valence-electron chi connectivity index (χ4n) is 3.00. The minimum absolute atomic E-state index is 0.144. The van der Waals surface area contributed by atoms with Crippen molar-refractivity contribution in [3.05, 3.63) is 34.9 Å². The molecule has 2 aliphatic carbocycles. The predicted molar refractivity (Wildman–Crippen MR) is 94.1 cm³/mol. The molecule has 2 fully saturated rings. The Labute approximate surface area is 147 Å². The molecule has 130 valence electrons. The van der Waals surface area contributed by atoms with Gasteiger partial charge in [0.2, 0.25) is 5.91 Å². The Kier molecular flexibility index (Phi) is 5.61. The highest BCUT2D eigenvalue weighted by Gasteiger charge is 2.39. The van der Waals surface area contributed by atoms with Crippen molar-refractivity contribution in [1.82, 2.24) is 16.0 Å². The molecule has 0 unspecified atom stereocenters. The average Bonchev–Trinajstić information content (AvgIpc) is 3.24. The van der Waals surface area contributed by atoms with Crippen LogP contribution in [0, 0.1) is 5.92 Å². The molecule has 1 aromatic rings. The first-order chi connectivity index (χ1) is 11.6. The fraction of sp³-hybridized carbons (Fsp3) is 0.556. The van der Waals surface area contributed by atoms with Crippen molar-refractivity contribution in [3.8, 4) is 0 Å². The molecule has 0 saturated heterocycles. The summed E-state index contributed by atoms with van der Waals surface area (Å²) in [5, 5.41) is 9.47. The molecule has 1 aromatic carbocycles. The predicted octanol–water partition coefficient (Wildman–Crippen LogP) is 2.80. The van der Waals surface area contributed by atoms with Crippen molar-refractivity contribution in [2.45, 2.75) is 44.1 Å². The molecule has 3 N–H and O–H groups in total. The topological polar surface area (TPSA) is 70.2 Å². The Morgan fingerprint density at radius 1 is 1.17 bits per heavy atom. The van der Waals surface area contributed by atoms with Gasteiger partial charge < -0.3 is 16.0 Å². The van der Waals surface area contributed by atoms with Crippen molar-refractivity contribution < 1.29 is 9.59 Å². The molecule has 0 bridgehead atoms. The second-order valence-electron chi connectivity index (χ2n) is 6.68. The van der Waals surface area contributed by atoms with Crippen LogP contribution in [0.5, 0.6) is 0 Å². The number of halogens is 1. The fourth-order valence-corrected chi connectivity index (χ4v) is 3.19. The summed E-state index contributed by atoms with van der Waals surface area (Å²) in [6.07, 6.45) is 4.89. The zero-order valence-corrected chi connectivity index (χ0v) is 14.4. The summed E-state index contributed by atoms with van der Waals surface area (Å²) in [5.74, 6) is 0.740. The zero-order chi connectivity index (χ0) is 16.9. The molecule has 2 saturated carbocycles. The van der Waals surface area contributed by atoms with Gasteiger partial charge in [0.1, 0.15) is 0 Å². The van der Waals surface area contributed by atoms with E-state index in [4.69, 9.17) is 11.6 Å². The second kappa shape index (κ2) is 7.88. The summed E-state index contributed by atoms with van der Waals surface area (Å²) in [5.41, 5.74) is 1.17. The van der Waals surface area contributed by atoms with E-state index in [1.54, 1.807) is 0 Å². The molecule has 3 amide bonds. The molecule has 0 radical (unpaired) electrons. The third-order valence-electron chi connectivity index (χ3n) is 4.80. The standard InChI is InChI=1S/C18H24ClN3O2/c19-14-7-2-6-13(10-14)15-11-16(15)22-18(24)21-9-3-8-20-17(23)12-4-1-5-12/h2,6-7,10,12,15-16H,1,3-5,8-9,11H2,(H,20,23)(H2,21,22,24)/t15-,16-/m1/s1. The van der Waals surface area contributed by atoms with Crippen molar-refractivity contribution >= 4 is 23.5 Å². The van der Waals surface area contributed by atoms with Crippen LogP contribution >= 0.6 is 11.6 Å². The van der Waals surface area contributed by atoms with E-state index in [2.05, 4.69) is 16.0 Å². The van der Waals surface area contributed by atoms with Crippen molar-refractivity contribution in [1.29, 1.82) is 0 Å². The van der Waals surface area contributed by atoms with Gasteiger partial charge in [0.15, 0.2) is 0 Å². The third kappa shape index (κ3) is 4.63. The van der Waals surface area contributed by atoms with Gasteiger partial charge >= 0.3 is 6.03 Å². The first-order valence-electron chi connectivity index (χ1n) is 8.71. The summed E-state index contributed by atoms with van der Waals surface area (Å²) in [7, 11) is 0. The zero-order valence-electron chi connectivity index (χ0n) is 13.7. The van der Waals surface area contributed by atoms with Crippen molar-refractivity contribution in [3.63, 3.8) is 0 Å². The number of urea groups is 1. The van der Waals surface area contributed by atoms with E-state index >= 15 is 0 Å². The van der Waals surface area contributed by atoms with Crippen LogP contribution in [0.2, 0.25) is 5.02 Å². The Morgan fingerprint density at radius 3 is 2.67 bits per heavy atom. The van der Waals surface area contributed by atoms with E-state index in [0.29, 0.717) is 19.0 Å². The van der Waals surface area contributed by atoms with Crippen LogP contribution in [0.4, 0.5) is 4.79 Å². The summed E-state index contributed by atoms with van der Waals surface area (Å²) >= 11 is 5.99. The van der Waals surface area contributed by atoms with E-state index in [0.717, 1.165) is 37.1 Å². The molecule has 0 spiro atoms. The van der Waals surface area contributed by atoms with Crippen LogP contribution < -0.4 is 16.0 Å². The molecule has 24 heavy (non-hydrogen) atoms. The molecule has 2 atom stereocenters. The summed E-state index contributed by atoms with van der Waals surface area (Å²) in [6, 6.07) is 7.83. The van der Waals surface area contributed by atoms with E-state index in [1.807, 2.05) is 24.3 Å². The van der Waals surface area contributed by atoms with E-state index in [1.165, 1.54) is 5.56 Å². The molecule has 0 aromatic heterocycles. The number of hydrogen-bond acceptors (Lipinski definition) is 2. The summed E-state index contributed by atoms with van der Waals surface area (Å²) in [4.78, 5) is 23.5. The molecule has 5 nitrogen and oxygen atoms in total. The van der Waals surface area contributed by atoms with Crippen LogP contribution in [0.3, 0.4) is 0 Å². The van der Waals surface area contributed by atoms with Crippen LogP contribution in [0.15, 0.2) is 24.3 Å². The lowest BCUT2D eigenvalue weighted by atomic mass is 9.85. The highest BCUT2D eigenvalue weighted by atomic mass is 35.5. The van der Waals surface area contributed by atoms with E-state index in [9.17, 15) is 9.59 Å². The van der Waals surface area contributed by atoms with E-state index < -0.39 is 0 Å². The minimum Gasteiger partial charge on any atom is -0.356 e. The lowest BCUT2D eigenvalue weighted by Crippen LogP contribution is -2.39. The molecular weight excluding hydrogens is 326 g/mol. The van der Waals surface area contributed by atoms with Gasteiger partial charge in [-0.2, -0.15) is 0 Å². The first kappa shape index (κ1) is 17.1. The smallest absolute Gasteiger partial charge is 0.315 e. The molecule has 0 aliphatic heterocycles. The maximum atomic E-state index is 11.9. The quantitative estimate of drug-likeness (QED) is 0.662. The Hall–Kier alpha value is -1.75. The van der Waals surface area contributed by atoms with Crippen molar-refractivity contribution in [2.24, 2.45) is 5.92 Å². The van der Waals surface area contributed by atoms with Gasteiger partial charge in [-0.15, -0.1) is 0 Å². The van der Waals surface area contributed by atoms with Gasteiger partial charge in [-0.1, -0.05) is 30.2 Å². The first-order valence-corrected chi connectivity index (χ1v) is 9.09. The lowest BCUT2D eigenvalue weighted by molar-refractivity contribution is -0.127. The van der Waals surface area contributed by atoms with Crippen LogP contribution in [-0.2, 0) is 4.79 Å². The third-order valence-corrected chi connectivity index (χ3v) is 5.03. The maximum absolute atomic E-state index is 11.9. The number of carbonyl (C=O) groups excluding carboxylic acids is 2. The van der Waals surface area contributed by atoms with Gasteiger partial charge in [-0.25, -0.2) is 4.79 Å². The van der Waals surface area contributed by atoms with Crippen LogP contribution in [0.1, 0.15) is 43.6 Å². The van der Waals surface area contributed by atoms with Crippen molar-refractivity contribution in [2.75, 3.05) is 13.1 Å². The van der Waals surface area contributed by atoms with Gasteiger partial charge in [-0.3, -0.25) is 4.79 Å². The highest BCUT2D eigenvalue weighted by molar-refractivity contribution is 6.30. The maximum Gasteiger partial charge on any atom is 0.315 e. The average molecular weight is 350 g/mol. The van der Waals surface area contributed by atoms with Crippen LogP contribution in [-0.4, -0.2) is 31.1 Å².